The summed E-state index contributed by atoms with van der Waals surface area (Å²) < 4.78 is 3.27. The predicted octanol–water partition coefficient (Wildman–Crippen LogP) is 2.08. The van der Waals surface area contributed by atoms with E-state index in [9.17, 15) is 4.79 Å². The molecule has 23 heavy (non-hydrogen) atoms. The summed E-state index contributed by atoms with van der Waals surface area (Å²) in [6.07, 6.45) is 3.21. The molecule has 0 saturated heterocycles. The van der Waals surface area contributed by atoms with E-state index in [0.29, 0.717) is 19.4 Å². The van der Waals surface area contributed by atoms with E-state index in [1.807, 2.05) is 18.2 Å². The zero-order chi connectivity index (χ0) is 15.6. The van der Waals surface area contributed by atoms with Crippen LogP contribution in [0.3, 0.4) is 0 Å². The molecule has 0 bridgehead atoms. The number of aromatic nitrogens is 4. The molecule has 4 rings (SSSR count). The van der Waals surface area contributed by atoms with Gasteiger partial charge in [0.15, 0.2) is 5.82 Å². The predicted molar refractivity (Wildman–Crippen MR) is 88.1 cm³/mol. The van der Waals surface area contributed by atoms with Crippen molar-refractivity contribution in [2.45, 2.75) is 38.8 Å². The van der Waals surface area contributed by atoms with Crippen molar-refractivity contribution in [1.82, 2.24) is 25.1 Å². The molecule has 1 N–H and O–H groups in total. The van der Waals surface area contributed by atoms with Crippen LogP contribution in [0.2, 0.25) is 0 Å². The smallest absolute Gasteiger partial charge is 0.220 e. The van der Waals surface area contributed by atoms with Gasteiger partial charge in [0.1, 0.15) is 5.82 Å². The number of nitrogens with one attached hydrogen (secondary N) is 1. The lowest BCUT2D eigenvalue weighted by molar-refractivity contribution is -0.121. The third-order valence-corrected chi connectivity index (χ3v) is 5.13. The number of thiazole rings is 1. The number of carbonyl (C=O) groups excluding carboxylic acids is 1. The van der Waals surface area contributed by atoms with E-state index in [4.69, 9.17) is 0 Å². The number of para-hydroxylation sites is 1. The van der Waals surface area contributed by atoms with Gasteiger partial charge >= 0.3 is 0 Å². The van der Waals surface area contributed by atoms with E-state index in [0.717, 1.165) is 41.6 Å². The Morgan fingerprint density at radius 3 is 3.13 bits per heavy atom. The summed E-state index contributed by atoms with van der Waals surface area (Å²) in [5, 5.41) is 12.2. The van der Waals surface area contributed by atoms with Crippen LogP contribution in [0.15, 0.2) is 24.3 Å². The summed E-state index contributed by atoms with van der Waals surface area (Å²) >= 11 is 1.65. The Morgan fingerprint density at radius 1 is 1.30 bits per heavy atom. The summed E-state index contributed by atoms with van der Waals surface area (Å²) in [5.41, 5.74) is 1.01. The maximum atomic E-state index is 12.0. The molecular formula is C16H17N5OS. The third kappa shape index (κ3) is 2.96. The third-order valence-electron chi connectivity index (χ3n) is 4.03. The molecule has 0 radical (unpaired) electrons. The van der Waals surface area contributed by atoms with Crippen molar-refractivity contribution in [3.8, 4) is 0 Å². The number of fused-ring (bicyclic) bond motifs is 2. The van der Waals surface area contributed by atoms with Crippen LogP contribution in [0.4, 0.5) is 0 Å². The van der Waals surface area contributed by atoms with E-state index in [-0.39, 0.29) is 5.91 Å². The van der Waals surface area contributed by atoms with Crippen LogP contribution >= 0.6 is 11.3 Å². The fourth-order valence-corrected chi connectivity index (χ4v) is 3.82. The van der Waals surface area contributed by atoms with E-state index < -0.39 is 0 Å². The number of hydrogen-bond donors (Lipinski definition) is 1. The standard InChI is InChI=1S/C16H17N5OS/c22-15(17-10-14-20-19-13-6-3-9-21(13)14)7-8-16-18-11-4-1-2-5-12(11)23-16/h1-2,4-5H,3,6-10H2,(H,17,22). The second-order valence-corrected chi connectivity index (χ2v) is 6.75. The average Bonchev–Trinajstić information content (AvgIpc) is 3.25. The van der Waals surface area contributed by atoms with Crippen molar-refractivity contribution in [1.29, 1.82) is 0 Å². The zero-order valence-electron chi connectivity index (χ0n) is 12.7. The van der Waals surface area contributed by atoms with Crippen molar-refractivity contribution < 1.29 is 4.79 Å². The topological polar surface area (TPSA) is 72.7 Å². The van der Waals surface area contributed by atoms with Crippen LogP contribution in [0, 0.1) is 0 Å². The lowest BCUT2D eigenvalue weighted by atomic mass is 10.3. The van der Waals surface area contributed by atoms with Gasteiger partial charge in [-0.2, -0.15) is 0 Å². The van der Waals surface area contributed by atoms with Gasteiger partial charge in [-0.1, -0.05) is 12.1 Å². The van der Waals surface area contributed by atoms with E-state index in [1.165, 1.54) is 4.70 Å². The molecule has 0 fully saturated rings. The molecule has 2 aromatic heterocycles. The van der Waals surface area contributed by atoms with Gasteiger partial charge < -0.3 is 9.88 Å². The highest BCUT2D eigenvalue weighted by molar-refractivity contribution is 7.18. The van der Waals surface area contributed by atoms with Crippen LogP contribution < -0.4 is 5.32 Å². The molecule has 118 valence electrons. The van der Waals surface area contributed by atoms with Crippen LogP contribution in [-0.4, -0.2) is 25.7 Å². The first-order valence-corrected chi connectivity index (χ1v) is 8.63. The van der Waals surface area contributed by atoms with Gasteiger partial charge in [-0.25, -0.2) is 4.98 Å². The summed E-state index contributed by atoms with van der Waals surface area (Å²) in [7, 11) is 0. The van der Waals surface area contributed by atoms with Crippen LogP contribution in [0.5, 0.6) is 0 Å². The monoisotopic (exact) mass is 327 g/mol. The number of benzene rings is 1. The molecule has 1 aliphatic rings. The second kappa shape index (κ2) is 6.08. The summed E-state index contributed by atoms with van der Waals surface area (Å²) in [6, 6.07) is 8.05. The second-order valence-electron chi connectivity index (χ2n) is 5.64. The van der Waals surface area contributed by atoms with Gasteiger partial charge in [-0.3, -0.25) is 4.79 Å². The van der Waals surface area contributed by atoms with Crippen molar-refractivity contribution in [2.24, 2.45) is 0 Å². The Kier molecular flexibility index (Phi) is 3.78. The van der Waals surface area contributed by atoms with Gasteiger partial charge in [0.05, 0.1) is 21.8 Å². The minimum absolute atomic E-state index is 0.0274. The Morgan fingerprint density at radius 2 is 2.22 bits per heavy atom. The number of rotatable bonds is 5. The summed E-state index contributed by atoms with van der Waals surface area (Å²) in [6.45, 7) is 1.41. The van der Waals surface area contributed by atoms with Crippen LogP contribution in [0.1, 0.15) is 29.5 Å². The normalized spacial score (nSPS) is 13.4. The van der Waals surface area contributed by atoms with Crippen molar-refractivity contribution >= 4 is 27.5 Å². The summed E-state index contributed by atoms with van der Waals surface area (Å²) in [5.74, 6) is 1.91. The molecule has 1 amide bonds. The molecule has 7 heteroatoms. The number of nitrogens with zero attached hydrogens (tertiary/aromatic N) is 4. The first-order chi connectivity index (χ1) is 11.3. The fraction of sp³-hybridized carbons (Fsp3) is 0.375. The van der Waals surface area contributed by atoms with Gasteiger partial charge in [-0.15, -0.1) is 21.5 Å². The maximum Gasteiger partial charge on any atom is 0.220 e. The van der Waals surface area contributed by atoms with E-state index >= 15 is 0 Å². The molecular weight excluding hydrogens is 310 g/mol. The first kappa shape index (κ1) is 14.3. The minimum Gasteiger partial charge on any atom is -0.349 e. The summed E-state index contributed by atoms with van der Waals surface area (Å²) in [4.78, 5) is 16.6. The fourth-order valence-electron chi connectivity index (χ4n) is 2.85. The Hall–Kier alpha value is -2.28. The highest BCUT2D eigenvalue weighted by Crippen LogP contribution is 2.22. The van der Waals surface area contributed by atoms with Gasteiger partial charge in [-0.05, 0) is 18.6 Å². The number of aryl methyl sites for hydroxylation is 2. The largest absolute Gasteiger partial charge is 0.349 e. The molecule has 0 spiro atoms. The van der Waals surface area contributed by atoms with Gasteiger partial charge in [0, 0.05) is 25.8 Å². The van der Waals surface area contributed by atoms with Crippen molar-refractivity contribution in [2.75, 3.05) is 0 Å². The molecule has 0 saturated carbocycles. The lowest BCUT2D eigenvalue weighted by Gasteiger charge is -2.05. The van der Waals surface area contributed by atoms with Crippen molar-refractivity contribution in [3.63, 3.8) is 0 Å². The molecule has 1 aliphatic heterocycles. The average molecular weight is 327 g/mol. The number of amides is 1. The number of carbonyl (C=O) groups is 1. The zero-order valence-corrected chi connectivity index (χ0v) is 13.5. The Bertz CT molecular complexity index is 820. The molecule has 3 heterocycles. The maximum absolute atomic E-state index is 12.0. The van der Waals surface area contributed by atoms with Crippen LogP contribution in [0.25, 0.3) is 10.2 Å². The van der Waals surface area contributed by atoms with Gasteiger partial charge in [0.25, 0.3) is 0 Å². The molecule has 0 aliphatic carbocycles. The SMILES string of the molecule is O=C(CCc1nc2ccccc2s1)NCc1nnc2n1CCC2. The van der Waals surface area contributed by atoms with E-state index in [1.54, 1.807) is 11.3 Å². The molecule has 0 atom stereocenters. The highest BCUT2D eigenvalue weighted by atomic mass is 32.1. The Labute approximate surface area is 137 Å². The van der Waals surface area contributed by atoms with Crippen LogP contribution in [-0.2, 0) is 30.7 Å². The van der Waals surface area contributed by atoms with Crippen molar-refractivity contribution in [3.05, 3.63) is 40.9 Å². The molecule has 6 nitrogen and oxygen atoms in total. The number of hydrogen-bond acceptors (Lipinski definition) is 5. The Balaban J connectivity index is 1.31. The highest BCUT2D eigenvalue weighted by Gasteiger charge is 2.17. The van der Waals surface area contributed by atoms with E-state index in [2.05, 4.69) is 31.1 Å². The minimum atomic E-state index is 0.0274. The van der Waals surface area contributed by atoms with Gasteiger partial charge in [0.2, 0.25) is 5.91 Å². The molecule has 3 aromatic rings. The molecule has 1 aromatic carbocycles. The lowest BCUT2D eigenvalue weighted by Crippen LogP contribution is -2.24. The molecule has 0 unspecified atom stereocenters. The quantitative estimate of drug-likeness (QED) is 0.779. The first-order valence-electron chi connectivity index (χ1n) is 7.82.